The average Bonchev–Trinajstić information content (AvgIpc) is 2.59. The number of benzene rings is 2. The molecule has 2 N–H and O–H groups in total. The molecule has 2 rings (SSSR count). The Morgan fingerprint density at radius 2 is 1.88 bits per heavy atom. The fourth-order valence-corrected chi connectivity index (χ4v) is 2.62. The molecule has 126 valence electrons. The highest BCUT2D eigenvalue weighted by Gasteiger charge is 2.08. The quantitative estimate of drug-likeness (QED) is 0.309. The van der Waals surface area contributed by atoms with Gasteiger partial charge in [-0.25, -0.2) is 4.79 Å². The Labute approximate surface area is 157 Å². The zero-order valence-corrected chi connectivity index (χ0v) is 16.1. The number of carbonyl (C=O) groups is 1. The van der Waals surface area contributed by atoms with Crippen LogP contribution in [0.1, 0.15) is 18.1 Å². The maximum absolute atomic E-state index is 11.7. The summed E-state index contributed by atoms with van der Waals surface area (Å²) in [5.74, 6) is 0.0415. The maximum Gasteiger partial charge on any atom is 0.372 e. The Bertz CT molecular complexity index is 746. The number of aryl methyl sites for hydroxylation is 1. The van der Waals surface area contributed by atoms with Crippen molar-refractivity contribution in [3.05, 3.63) is 62.5 Å². The molecule has 0 fully saturated rings. The van der Waals surface area contributed by atoms with E-state index in [2.05, 4.69) is 43.9 Å². The molecule has 7 heteroatoms. The van der Waals surface area contributed by atoms with E-state index in [9.17, 15) is 4.79 Å². The van der Waals surface area contributed by atoms with E-state index in [4.69, 9.17) is 15.3 Å². The number of halogens is 2. The van der Waals surface area contributed by atoms with Gasteiger partial charge in [0.15, 0.2) is 12.4 Å². The van der Waals surface area contributed by atoms with Crippen molar-refractivity contribution < 1.29 is 14.4 Å². The Balaban J connectivity index is 1.89. The van der Waals surface area contributed by atoms with Crippen LogP contribution in [0.25, 0.3) is 0 Å². The van der Waals surface area contributed by atoms with Gasteiger partial charge in [0.05, 0.1) is 4.47 Å². The molecule has 0 saturated carbocycles. The summed E-state index contributed by atoms with van der Waals surface area (Å²) in [6, 6.07) is 12.9. The highest BCUT2D eigenvalue weighted by atomic mass is 79.9. The Morgan fingerprint density at radius 3 is 2.50 bits per heavy atom. The number of carbonyl (C=O) groups excluding carboxylic acids is 1. The summed E-state index contributed by atoms with van der Waals surface area (Å²) in [5.41, 5.74) is 7.59. The Morgan fingerprint density at radius 1 is 1.17 bits per heavy atom. The van der Waals surface area contributed by atoms with Gasteiger partial charge in [-0.3, -0.25) is 0 Å². The monoisotopic (exact) mass is 454 g/mol. The first-order chi connectivity index (χ1) is 11.5. The molecule has 2 aromatic rings. The molecule has 0 heterocycles. The fourth-order valence-electron chi connectivity index (χ4n) is 1.82. The van der Waals surface area contributed by atoms with Crippen molar-refractivity contribution in [1.29, 1.82) is 0 Å². The van der Waals surface area contributed by atoms with Crippen molar-refractivity contribution in [2.75, 3.05) is 6.61 Å². The molecule has 0 aromatic heterocycles. The Hall–Kier alpha value is -1.86. The first kappa shape index (κ1) is 18.5. The van der Waals surface area contributed by atoms with Gasteiger partial charge in [0.25, 0.3) is 0 Å². The highest BCUT2D eigenvalue weighted by Crippen LogP contribution is 2.26. The van der Waals surface area contributed by atoms with Gasteiger partial charge in [0.2, 0.25) is 0 Å². The second kappa shape index (κ2) is 8.84. The van der Waals surface area contributed by atoms with E-state index >= 15 is 0 Å². The van der Waals surface area contributed by atoms with E-state index in [1.165, 1.54) is 5.56 Å². The second-order valence-corrected chi connectivity index (χ2v) is 6.62. The van der Waals surface area contributed by atoms with Gasteiger partial charge in [-0.05, 0) is 52.2 Å². The van der Waals surface area contributed by atoms with Crippen molar-refractivity contribution in [2.45, 2.75) is 13.3 Å². The van der Waals surface area contributed by atoms with Crippen molar-refractivity contribution in [2.24, 2.45) is 10.9 Å². The van der Waals surface area contributed by atoms with E-state index in [0.29, 0.717) is 11.3 Å². The van der Waals surface area contributed by atoms with E-state index in [0.717, 1.165) is 15.4 Å². The molecule has 0 aliphatic rings. The molecular weight excluding hydrogens is 440 g/mol. The molecule has 0 aliphatic heterocycles. The minimum atomic E-state index is -0.637. The minimum absolute atomic E-state index is 0.115. The van der Waals surface area contributed by atoms with E-state index in [1.807, 2.05) is 24.3 Å². The number of hydrogen-bond acceptors (Lipinski definition) is 4. The van der Waals surface area contributed by atoms with Crippen LogP contribution in [0.5, 0.6) is 5.75 Å². The molecule has 0 atom stereocenters. The molecule has 0 unspecified atom stereocenters. The summed E-state index contributed by atoms with van der Waals surface area (Å²) < 4.78 is 7.12. The summed E-state index contributed by atoms with van der Waals surface area (Å²) in [4.78, 5) is 16.5. The number of rotatable bonds is 6. The van der Waals surface area contributed by atoms with Crippen molar-refractivity contribution in [3.63, 3.8) is 0 Å². The summed E-state index contributed by atoms with van der Waals surface area (Å²) in [6.07, 6.45) is 0.922. The topological polar surface area (TPSA) is 73.9 Å². The van der Waals surface area contributed by atoms with E-state index in [-0.39, 0.29) is 12.4 Å². The maximum atomic E-state index is 11.7. The third kappa shape index (κ3) is 5.35. The largest absolute Gasteiger partial charge is 0.481 e. The van der Waals surface area contributed by atoms with Crippen molar-refractivity contribution >= 4 is 43.7 Å². The number of amidine groups is 1. The number of ether oxygens (including phenoxy) is 1. The normalized spacial score (nSPS) is 11.2. The molecular formula is C17H16Br2N2O3. The third-order valence-electron chi connectivity index (χ3n) is 3.14. The van der Waals surface area contributed by atoms with Crippen molar-refractivity contribution in [3.8, 4) is 5.75 Å². The summed E-state index contributed by atoms with van der Waals surface area (Å²) in [6.45, 7) is 1.80. The lowest BCUT2D eigenvalue weighted by molar-refractivity contribution is -0.146. The predicted octanol–water partition coefficient (Wildman–Crippen LogP) is 4.02. The average molecular weight is 456 g/mol. The molecule has 0 aliphatic carbocycles. The van der Waals surface area contributed by atoms with Crippen LogP contribution in [-0.4, -0.2) is 18.4 Å². The number of hydrogen-bond donors (Lipinski definition) is 1. The van der Waals surface area contributed by atoms with Crippen molar-refractivity contribution in [1.82, 2.24) is 0 Å². The molecule has 0 radical (unpaired) electrons. The lowest BCUT2D eigenvalue weighted by Crippen LogP contribution is -2.18. The fraction of sp³-hybridized carbons (Fsp3) is 0.176. The van der Waals surface area contributed by atoms with Crippen LogP contribution in [-0.2, 0) is 16.1 Å². The van der Waals surface area contributed by atoms with Crippen LogP contribution in [0.4, 0.5) is 0 Å². The predicted molar refractivity (Wildman–Crippen MR) is 100.0 cm³/mol. The number of oxime groups is 1. The van der Waals surface area contributed by atoms with Gasteiger partial charge in [-0.1, -0.05) is 46.2 Å². The van der Waals surface area contributed by atoms with Crippen LogP contribution in [0, 0.1) is 0 Å². The van der Waals surface area contributed by atoms with Crippen LogP contribution in [0.2, 0.25) is 0 Å². The van der Waals surface area contributed by atoms with Crippen LogP contribution in [0.15, 0.2) is 56.6 Å². The van der Waals surface area contributed by atoms with Crippen LogP contribution < -0.4 is 10.5 Å². The van der Waals surface area contributed by atoms with E-state index < -0.39 is 5.97 Å². The molecule has 0 bridgehead atoms. The van der Waals surface area contributed by atoms with Gasteiger partial charge in [-0.15, -0.1) is 0 Å². The van der Waals surface area contributed by atoms with Gasteiger partial charge < -0.3 is 15.3 Å². The zero-order valence-electron chi connectivity index (χ0n) is 13.0. The minimum Gasteiger partial charge on any atom is -0.481 e. The van der Waals surface area contributed by atoms with Gasteiger partial charge in [0.1, 0.15) is 5.75 Å². The summed E-state index contributed by atoms with van der Waals surface area (Å²) in [5, 5.41) is 3.62. The number of nitrogens with two attached hydrogens (primary N) is 1. The lowest BCUT2D eigenvalue weighted by Gasteiger charge is -2.08. The first-order valence-corrected chi connectivity index (χ1v) is 8.78. The molecule has 0 spiro atoms. The summed E-state index contributed by atoms with van der Waals surface area (Å²) >= 11 is 6.74. The van der Waals surface area contributed by atoms with Crippen LogP contribution in [0.3, 0.4) is 0 Å². The molecule has 0 amide bonds. The van der Waals surface area contributed by atoms with Gasteiger partial charge in [0, 0.05) is 10.0 Å². The molecule has 5 nitrogen and oxygen atoms in total. The zero-order chi connectivity index (χ0) is 17.5. The summed E-state index contributed by atoms with van der Waals surface area (Å²) in [7, 11) is 0. The highest BCUT2D eigenvalue weighted by molar-refractivity contribution is 9.10. The smallest absolute Gasteiger partial charge is 0.372 e. The third-order valence-corrected chi connectivity index (χ3v) is 4.28. The second-order valence-electron chi connectivity index (χ2n) is 4.85. The van der Waals surface area contributed by atoms with Gasteiger partial charge >= 0.3 is 5.97 Å². The molecule has 0 saturated heterocycles. The SMILES string of the molecule is CCc1ccc(OCC(=O)ON=C(N)c2ccc(Br)cc2)c(Br)c1. The lowest BCUT2D eigenvalue weighted by atomic mass is 10.2. The van der Waals surface area contributed by atoms with Gasteiger partial charge in [-0.2, -0.15) is 0 Å². The first-order valence-electron chi connectivity index (χ1n) is 7.20. The Kier molecular flexibility index (Phi) is 6.81. The molecule has 2 aromatic carbocycles. The van der Waals surface area contributed by atoms with Crippen LogP contribution >= 0.6 is 31.9 Å². The number of nitrogens with zero attached hydrogens (tertiary/aromatic N) is 1. The van der Waals surface area contributed by atoms with E-state index in [1.54, 1.807) is 18.2 Å². The standard InChI is InChI=1S/C17H16Br2N2O3/c1-2-11-3-8-15(14(19)9-11)23-10-16(22)24-21-17(20)12-4-6-13(18)7-5-12/h3-9H,2,10H2,1H3,(H2,20,21). The molecule has 24 heavy (non-hydrogen) atoms.